The first kappa shape index (κ1) is 30.8. The van der Waals surface area contributed by atoms with Crippen LogP contribution in [0.15, 0.2) is 42.9 Å². The molecule has 1 aliphatic rings. The van der Waals surface area contributed by atoms with E-state index < -0.39 is 40.6 Å². The number of amides is 3. The first-order chi connectivity index (χ1) is 18.8. The summed E-state index contributed by atoms with van der Waals surface area (Å²) in [6, 6.07) is 8.48. The molecule has 0 aliphatic carbocycles. The fourth-order valence-corrected chi connectivity index (χ4v) is 4.82. The lowest BCUT2D eigenvalue weighted by molar-refractivity contribution is -0.130. The third kappa shape index (κ3) is 7.26. The number of ether oxygens (including phenoxy) is 1. The van der Waals surface area contributed by atoms with Crippen LogP contribution >= 0.6 is 0 Å². The minimum absolute atomic E-state index is 0.142. The average Bonchev–Trinajstić information content (AvgIpc) is 3.57. The summed E-state index contributed by atoms with van der Waals surface area (Å²) in [7, 11) is 0. The Morgan fingerprint density at radius 3 is 2.45 bits per heavy atom. The number of anilines is 1. The van der Waals surface area contributed by atoms with Gasteiger partial charge in [-0.15, -0.1) is 0 Å². The normalized spacial score (nSPS) is 17.8. The number of rotatable bonds is 11. The van der Waals surface area contributed by atoms with Gasteiger partial charge in [0.05, 0.1) is 6.33 Å². The number of hydrogen-bond acceptors (Lipinski definition) is 7. The van der Waals surface area contributed by atoms with Gasteiger partial charge in [-0.25, -0.2) is 9.78 Å². The van der Waals surface area contributed by atoms with Crippen LogP contribution < -0.4 is 21.3 Å². The zero-order valence-electron chi connectivity index (χ0n) is 24.2. The molecule has 2 aromatic rings. The quantitative estimate of drug-likeness (QED) is 0.313. The maximum atomic E-state index is 13.3. The van der Waals surface area contributed by atoms with E-state index in [1.165, 1.54) is 20.2 Å². The van der Waals surface area contributed by atoms with Crippen molar-refractivity contribution in [2.45, 2.75) is 96.0 Å². The molecule has 1 aromatic carbocycles. The van der Waals surface area contributed by atoms with Gasteiger partial charge in [0, 0.05) is 12.2 Å². The lowest BCUT2D eigenvalue weighted by Gasteiger charge is -2.36. The van der Waals surface area contributed by atoms with Crippen LogP contribution in [0.3, 0.4) is 0 Å². The van der Waals surface area contributed by atoms with Gasteiger partial charge in [-0.1, -0.05) is 43.7 Å². The highest BCUT2D eigenvalue weighted by Gasteiger charge is 2.44. The Bertz CT molecular complexity index is 1180. The van der Waals surface area contributed by atoms with Gasteiger partial charge < -0.3 is 35.4 Å². The van der Waals surface area contributed by atoms with Crippen LogP contribution in [-0.2, 0) is 24.7 Å². The number of imidazole rings is 1. The highest BCUT2D eigenvalue weighted by Crippen LogP contribution is 2.33. The molecule has 1 fully saturated rings. The molecule has 0 spiro atoms. The summed E-state index contributed by atoms with van der Waals surface area (Å²) >= 11 is 0. The minimum atomic E-state index is -1.33. The predicted octanol–water partition coefficient (Wildman–Crippen LogP) is 3.10. The van der Waals surface area contributed by atoms with E-state index in [1.54, 1.807) is 31.5 Å². The van der Waals surface area contributed by atoms with Crippen LogP contribution in [-0.4, -0.2) is 63.5 Å². The summed E-state index contributed by atoms with van der Waals surface area (Å²) in [6.45, 7) is 11.0. The Morgan fingerprint density at radius 1 is 1.18 bits per heavy atom. The fraction of sp³-hybridized carbons (Fsp3) is 0.552. The number of nitrogens with zero attached hydrogens (tertiary/aromatic N) is 2. The molecule has 0 saturated carbocycles. The molecule has 3 amide bonds. The van der Waals surface area contributed by atoms with Gasteiger partial charge in [-0.05, 0) is 66.0 Å². The van der Waals surface area contributed by atoms with Crippen molar-refractivity contribution >= 4 is 30.0 Å². The molecule has 1 aromatic heterocycles. The fourth-order valence-electron chi connectivity index (χ4n) is 4.82. The third-order valence-corrected chi connectivity index (χ3v) is 6.85. The molecule has 218 valence electrons. The van der Waals surface area contributed by atoms with Crippen molar-refractivity contribution in [2.24, 2.45) is 0 Å². The van der Waals surface area contributed by atoms with Gasteiger partial charge in [0.1, 0.15) is 22.7 Å². The molecule has 40 heavy (non-hydrogen) atoms. The molecule has 0 bridgehead atoms. The molecule has 3 unspecified atom stereocenters. The highest BCUT2D eigenvalue weighted by molar-refractivity contribution is 5.98. The van der Waals surface area contributed by atoms with Crippen LogP contribution in [0.5, 0.6) is 0 Å². The number of benzene rings is 1. The number of nitrogens with one attached hydrogen (secondary N) is 4. The van der Waals surface area contributed by atoms with E-state index in [4.69, 9.17) is 4.74 Å². The summed E-state index contributed by atoms with van der Waals surface area (Å²) in [5.74, 6) is -0.732. The smallest absolute Gasteiger partial charge is 0.408 e. The first-order valence-corrected chi connectivity index (χ1v) is 13.7. The van der Waals surface area contributed by atoms with Gasteiger partial charge in [0.15, 0.2) is 12.1 Å². The molecule has 11 heteroatoms. The molecule has 0 radical (unpaired) electrons. The molecule has 11 nitrogen and oxygen atoms in total. The molecule has 3 atom stereocenters. The van der Waals surface area contributed by atoms with Gasteiger partial charge in [0.2, 0.25) is 11.8 Å². The van der Waals surface area contributed by atoms with Gasteiger partial charge in [-0.3, -0.25) is 9.59 Å². The van der Waals surface area contributed by atoms with Crippen molar-refractivity contribution in [3.05, 3.63) is 48.4 Å². The first-order valence-electron chi connectivity index (χ1n) is 13.7. The number of carbonyl (C=O) groups excluding carboxylic acids is 4. The number of hydrogen-bond donors (Lipinski definition) is 4. The van der Waals surface area contributed by atoms with Crippen molar-refractivity contribution < 1.29 is 23.9 Å². The molecule has 1 aliphatic heterocycles. The van der Waals surface area contributed by atoms with Crippen molar-refractivity contribution in [1.29, 1.82) is 0 Å². The average molecular weight is 555 g/mol. The largest absolute Gasteiger partial charge is 0.444 e. The second-order valence-corrected chi connectivity index (χ2v) is 11.7. The zero-order chi connectivity index (χ0) is 29.6. The maximum Gasteiger partial charge on any atom is 0.408 e. The summed E-state index contributed by atoms with van der Waals surface area (Å²) in [5, 5.41) is 11.5. The molecule has 2 heterocycles. The van der Waals surface area contributed by atoms with E-state index in [0.29, 0.717) is 12.8 Å². The third-order valence-electron chi connectivity index (χ3n) is 6.85. The lowest BCUT2D eigenvalue weighted by atomic mass is 9.82. The Morgan fingerprint density at radius 2 is 1.88 bits per heavy atom. The molecule has 3 rings (SSSR count). The van der Waals surface area contributed by atoms with E-state index >= 15 is 0 Å². The van der Waals surface area contributed by atoms with Crippen molar-refractivity contribution in [3.63, 3.8) is 0 Å². The lowest BCUT2D eigenvalue weighted by Crippen LogP contribution is -2.58. The van der Waals surface area contributed by atoms with Crippen molar-refractivity contribution in [2.75, 3.05) is 11.9 Å². The second-order valence-electron chi connectivity index (χ2n) is 11.7. The van der Waals surface area contributed by atoms with Gasteiger partial charge >= 0.3 is 6.09 Å². The topological polar surface area (TPSA) is 143 Å². The van der Waals surface area contributed by atoms with Crippen LogP contribution in [0, 0.1) is 0 Å². The summed E-state index contributed by atoms with van der Waals surface area (Å²) in [6.07, 6.45) is 6.13. The Hall–Kier alpha value is -3.73. The van der Waals surface area contributed by atoms with Crippen LogP contribution in [0.2, 0.25) is 0 Å². The number of carbonyl (C=O) groups is 4. The monoisotopic (exact) mass is 554 g/mol. The Balaban J connectivity index is 1.77. The number of aromatic nitrogens is 2. The van der Waals surface area contributed by atoms with E-state index in [2.05, 4.69) is 26.3 Å². The highest BCUT2D eigenvalue weighted by atomic mass is 16.6. The Labute approximate surface area is 235 Å². The SMILES string of the molecule is CCCC(NC(=O)C(C)(C)NC(=O)OC(C)(C)C)C(=O)Nc1cn(C(C=O)(c2ccccc2)C2CCCN2)cn1. The van der Waals surface area contributed by atoms with Crippen molar-refractivity contribution in [3.8, 4) is 0 Å². The molecular weight excluding hydrogens is 512 g/mol. The summed E-state index contributed by atoms with van der Waals surface area (Å²) < 4.78 is 6.99. The minimum Gasteiger partial charge on any atom is -0.444 e. The van der Waals surface area contributed by atoms with Crippen LogP contribution in [0.4, 0.5) is 10.6 Å². The van der Waals surface area contributed by atoms with E-state index in [0.717, 1.165) is 31.2 Å². The van der Waals surface area contributed by atoms with Crippen LogP contribution in [0.1, 0.15) is 72.8 Å². The zero-order valence-corrected chi connectivity index (χ0v) is 24.2. The van der Waals surface area contributed by atoms with E-state index in [9.17, 15) is 19.2 Å². The summed E-state index contributed by atoms with van der Waals surface area (Å²) in [5.41, 5.74) is -2.28. The van der Waals surface area contributed by atoms with E-state index in [-0.39, 0.29) is 11.9 Å². The maximum absolute atomic E-state index is 13.3. The van der Waals surface area contributed by atoms with E-state index in [1.807, 2.05) is 37.3 Å². The Kier molecular flexibility index (Phi) is 9.73. The number of alkyl carbamates (subject to hydrolysis) is 1. The number of aldehydes is 1. The standard InChI is InChI=1S/C29H42N6O5/c1-7-12-21(32-25(38)28(5,6)34-26(39)40-27(2,3)4)24(37)33-23-17-35(19-31-23)29(18-36,22-15-11-16-30-22)20-13-9-8-10-14-20/h8-10,13-14,17-19,21-22,30H,7,11-12,15-16H2,1-6H3,(H,32,38)(H,33,37)(H,34,39). The molecule has 4 N–H and O–H groups in total. The molecule has 1 saturated heterocycles. The van der Waals surface area contributed by atoms with Gasteiger partial charge in [-0.2, -0.15) is 0 Å². The van der Waals surface area contributed by atoms with Crippen molar-refractivity contribution in [1.82, 2.24) is 25.5 Å². The van der Waals surface area contributed by atoms with Gasteiger partial charge in [0.25, 0.3) is 0 Å². The predicted molar refractivity (Wildman–Crippen MR) is 152 cm³/mol. The molecular formula is C29H42N6O5. The van der Waals surface area contributed by atoms with Crippen LogP contribution in [0.25, 0.3) is 0 Å². The second kappa shape index (κ2) is 12.6. The summed E-state index contributed by atoms with van der Waals surface area (Å²) in [4.78, 5) is 55.7.